The molecule has 110 valence electrons. The van der Waals surface area contributed by atoms with E-state index in [9.17, 15) is 8.42 Å². The minimum Gasteiger partial charge on any atom is -0.326 e. The number of nitrogens with two attached hydrogens (primary N) is 1. The standard InChI is InChI=1S/C11H18N6O2S/c1-7-10(4-12)11(16-15-7)20(18,19)14-6-9-5-13-17(3)8(9)2/h5,14H,4,6,12H2,1-3H3,(H,15,16). The van der Waals surface area contributed by atoms with Gasteiger partial charge in [-0.05, 0) is 13.8 Å². The van der Waals surface area contributed by atoms with Crippen molar-refractivity contribution in [1.29, 1.82) is 0 Å². The molecule has 0 aliphatic heterocycles. The zero-order valence-corrected chi connectivity index (χ0v) is 12.5. The van der Waals surface area contributed by atoms with Crippen molar-refractivity contribution >= 4 is 10.0 Å². The summed E-state index contributed by atoms with van der Waals surface area (Å²) in [6, 6.07) is 0. The van der Waals surface area contributed by atoms with Gasteiger partial charge in [-0.2, -0.15) is 10.2 Å². The first-order chi connectivity index (χ1) is 9.36. The normalized spacial score (nSPS) is 12.0. The van der Waals surface area contributed by atoms with Crippen molar-refractivity contribution in [3.05, 3.63) is 28.7 Å². The lowest BCUT2D eigenvalue weighted by Crippen LogP contribution is -2.25. The van der Waals surface area contributed by atoms with Crippen LogP contribution in [0.25, 0.3) is 0 Å². The van der Waals surface area contributed by atoms with Gasteiger partial charge in [-0.25, -0.2) is 13.1 Å². The Morgan fingerprint density at radius 2 is 2.15 bits per heavy atom. The molecule has 0 spiro atoms. The number of hydrogen-bond acceptors (Lipinski definition) is 5. The molecule has 0 unspecified atom stereocenters. The quantitative estimate of drug-likeness (QED) is 0.700. The molecule has 8 nitrogen and oxygen atoms in total. The maximum Gasteiger partial charge on any atom is 0.260 e. The molecule has 9 heteroatoms. The average Bonchev–Trinajstić information content (AvgIpc) is 2.93. The van der Waals surface area contributed by atoms with Gasteiger partial charge in [-0.15, -0.1) is 0 Å². The number of H-pyrrole nitrogens is 1. The van der Waals surface area contributed by atoms with E-state index in [0.29, 0.717) is 11.3 Å². The van der Waals surface area contributed by atoms with Crippen LogP contribution in [-0.2, 0) is 30.2 Å². The van der Waals surface area contributed by atoms with Gasteiger partial charge in [-0.1, -0.05) is 0 Å². The molecular formula is C11H18N6O2S. The topological polar surface area (TPSA) is 119 Å². The van der Waals surface area contributed by atoms with E-state index in [1.165, 1.54) is 0 Å². The monoisotopic (exact) mass is 298 g/mol. The summed E-state index contributed by atoms with van der Waals surface area (Å²) < 4.78 is 28.7. The van der Waals surface area contributed by atoms with E-state index >= 15 is 0 Å². The van der Waals surface area contributed by atoms with E-state index in [2.05, 4.69) is 20.0 Å². The van der Waals surface area contributed by atoms with Crippen LogP contribution in [0, 0.1) is 13.8 Å². The van der Waals surface area contributed by atoms with Crippen molar-refractivity contribution in [3.8, 4) is 0 Å². The van der Waals surface area contributed by atoms with Gasteiger partial charge in [0.05, 0.1) is 6.20 Å². The van der Waals surface area contributed by atoms with Crippen LogP contribution in [0.15, 0.2) is 11.2 Å². The summed E-state index contributed by atoms with van der Waals surface area (Å²) in [5.74, 6) is 0. The Morgan fingerprint density at radius 3 is 2.70 bits per heavy atom. The highest BCUT2D eigenvalue weighted by molar-refractivity contribution is 7.89. The molecule has 20 heavy (non-hydrogen) atoms. The fourth-order valence-electron chi connectivity index (χ4n) is 1.85. The summed E-state index contributed by atoms with van der Waals surface area (Å²) >= 11 is 0. The third kappa shape index (κ3) is 2.60. The third-order valence-electron chi connectivity index (χ3n) is 3.28. The maximum absolute atomic E-state index is 12.2. The molecule has 0 aromatic carbocycles. The van der Waals surface area contributed by atoms with Crippen LogP contribution in [0.3, 0.4) is 0 Å². The molecule has 2 rings (SSSR count). The van der Waals surface area contributed by atoms with Crippen molar-refractivity contribution < 1.29 is 8.42 Å². The molecule has 0 bridgehead atoms. The fraction of sp³-hybridized carbons (Fsp3) is 0.455. The predicted molar refractivity (Wildman–Crippen MR) is 73.2 cm³/mol. The highest BCUT2D eigenvalue weighted by Crippen LogP contribution is 2.16. The van der Waals surface area contributed by atoms with Gasteiger partial charge in [0.25, 0.3) is 10.0 Å². The summed E-state index contributed by atoms with van der Waals surface area (Å²) in [4.78, 5) is 0. The van der Waals surface area contributed by atoms with Crippen molar-refractivity contribution in [1.82, 2.24) is 24.7 Å². The van der Waals surface area contributed by atoms with Gasteiger partial charge in [0.1, 0.15) is 0 Å². The largest absolute Gasteiger partial charge is 0.326 e. The minimum absolute atomic E-state index is 0.0426. The molecule has 4 N–H and O–H groups in total. The number of nitrogens with zero attached hydrogens (tertiary/aromatic N) is 3. The smallest absolute Gasteiger partial charge is 0.260 e. The lowest BCUT2D eigenvalue weighted by atomic mass is 10.3. The molecule has 2 aromatic heterocycles. The maximum atomic E-state index is 12.2. The van der Waals surface area contributed by atoms with Crippen molar-refractivity contribution in [2.24, 2.45) is 12.8 Å². The highest BCUT2D eigenvalue weighted by atomic mass is 32.2. The second-order valence-electron chi connectivity index (χ2n) is 4.54. The SMILES string of the molecule is Cc1[nH]nc(S(=O)(=O)NCc2cnn(C)c2C)c1CN. The van der Waals surface area contributed by atoms with Crippen LogP contribution in [0.1, 0.15) is 22.5 Å². The second-order valence-corrected chi connectivity index (χ2v) is 6.22. The van der Waals surface area contributed by atoms with E-state index in [-0.39, 0.29) is 18.1 Å². The average molecular weight is 298 g/mol. The Labute approximate surface area is 117 Å². The highest BCUT2D eigenvalue weighted by Gasteiger charge is 2.23. The van der Waals surface area contributed by atoms with E-state index < -0.39 is 10.0 Å². The molecule has 0 saturated carbocycles. The van der Waals surface area contributed by atoms with Crippen LogP contribution < -0.4 is 10.5 Å². The van der Waals surface area contributed by atoms with Gasteiger partial charge in [0.15, 0.2) is 5.03 Å². The molecule has 0 fully saturated rings. The summed E-state index contributed by atoms with van der Waals surface area (Å²) in [6.45, 7) is 3.89. The number of aryl methyl sites for hydroxylation is 2. The van der Waals surface area contributed by atoms with Crippen LogP contribution >= 0.6 is 0 Å². The zero-order valence-electron chi connectivity index (χ0n) is 11.6. The van der Waals surface area contributed by atoms with E-state index in [1.54, 1.807) is 24.9 Å². The molecule has 2 aromatic rings. The molecule has 0 radical (unpaired) electrons. The number of hydrogen-bond donors (Lipinski definition) is 3. The molecular weight excluding hydrogens is 280 g/mol. The van der Waals surface area contributed by atoms with E-state index in [1.807, 2.05) is 6.92 Å². The number of aromatic nitrogens is 4. The third-order valence-corrected chi connectivity index (χ3v) is 4.66. The lowest BCUT2D eigenvalue weighted by Gasteiger charge is -2.06. The summed E-state index contributed by atoms with van der Waals surface area (Å²) in [7, 11) is -1.89. The van der Waals surface area contributed by atoms with Crippen molar-refractivity contribution in [2.75, 3.05) is 0 Å². The van der Waals surface area contributed by atoms with Crippen LogP contribution in [0.2, 0.25) is 0 Å². The van der Waals surface area contributed by atoms with E-state index in [0.717, 1.165) is 11.3 Å². The molecule has 0 amide bonds. The Hall–Kier alpha value is -1.71. The number of nitrogens with one attached hydrogen (secondary N) is 2. The summed E-state index contributed by atoms with van der Waals surface area (Å²) in [6.07, 6.45) is 1.64. The first kappa shape index (κ1) is 14.7. The van der Waals surface area contributed by atoms with Crippen LogP contribution in [0.4, 0.5) is 0 Å². The van der Waals surface area contributed by atoms with Gasteiger partial charge in [0, 0.05) is 42.7 Å². The molecule has 0 aliphatic carbocycles. The molecule has 0 aliphatic rings. The van der Waals surface area contributed by atoms with Gasteiger partial charge < -0.3 is 5.73 Å². The van der Waals surface area contributed by atoms with E-state index in [4.69, 9.17) is 5.73 Å². The molecule has 0 atom stereocenters. The zero-order chi connectivity index (χ0) is 14.9. The predicted octanol–water partition coefficient (Wildman–Crippen LogP) is -0.303. The molecule has 2 heterocycles. The van der Waals surface area contributed by atoms with Crippen LogP contribution in [-0.4, -0.2) is 28.4 Å². The Kier molecular flexibility index (Phi) is 3.93. The number of rotatable bonds is 5. The number of aromatic amines is 1. The lowest BCUT2D eigenvalue weighted by molar-refractivity contribution is 0.575. The van der Waals surface area contributed by atoms with Gasteiger partial charge in [0.2, 0.25) is 0 Å². The Morgan fingerprint density at radius 1 is 1.45 bits per heavy atom. The fourth-order valence-corrected chi connectivity index (χ4v) is 3.06. The van der Waals surface area contributed by atoms with Gasteiger partial charge >= 0.3 is 0 Å². The Bertz CT molecular complexity index is 715. The van der Waals surface area contributed by atoms with Crippen molar-refractivity contribution in [2.45, 2.75) is 32.0 Å². The number of sulfonamides is 1. The molecule has 0 saturated heterocycles. The second kappa shape index (κ2) is 5.35. The van der Waals surface area contributed by atoms with Crippen LogP contribution in [0.5, 0.6) is 0 Å². The Balaban J connectivity index is 2.21. The summed E-state index contributed by atoms with van der Waals surface area (Å²) in [5.41, 5.74) is 8.44. The first-order valence-electron chi connectivity index (χ1n) is 6.08. The van der Waals surface area contributed by atoms with Gasteiger partial charge in [-0.3, -0.25) is 9.78 Å². The van der Waals surface area contributed by atoms with Crippen molar-refractivity contribution in [3.63, 3.8) is 0 Å². The summed E-state index contributed by atoms with van der Waals surface area (Å²) in [5, 5.41) is 10.5. The minimum atomic E-state index is -3.70. The first-order valence-corrected chi connectivity index (χ1v) is 7.56.